The van der Waals surface area contributed by atoms with Crippen LogP contribution in [0.15, 0.2) is 24.3 Å². The van der Waals surface area contributed by atoms with Crippen LogP contribution in [0.3, 0.4) is 0 Å². The van der Waals surface area contributed by atoms with Crippen molar-refractivity contribution in [2.45, 2.75) is 20.3 Å². The van der Waals surface area contributed by atoms with Crippen molar-refractivity contribution >= 4 is 45.2 Å². The van der Waals surface area contributed by atoms with Gasteiger partial charge in [0.15, 0.2) is 0 Å². The molecule has 2 rings (SSSR count). The van der Waals surface area contributed by atoms with Gasteiger partial charge in [0, 0.05) is 6.42 Å². The molecule has 0 aliphatic heterocycles. The van der Waals surface area contributed by atoms with Crippen molar-refractivity contribution in [1.29, 1.82) is 0 Å². The van der Waals surface area contributed by atoms with Crippen LogP contribution in [0.1, 0.15) is 17.5 Å². The van der Waals surface area contributed by atoms with Crippen molar-refractivity contribution < 1.29 is 18.3 Å². The fourth-order valence-corrected chi connectivity index (χ4v) is 3.91. The van der Waals surface area contributed by atoms with E-state index in [1.807, 2.05) is 13.8 Å². The molecule has 0 aliphatic rings. The number of ether oxygens (including phenoxy) is 2. The maximum absolute atomic E-state index is 13.2. The van der Waals surface area contributed by atoms with Gasteiger partial charge >= 0.3 is 0 Å². The Morgan fingerprint density at radius 1 is 0.783 bits per heavy atom. The molecule has 23 heavy (non-hydrogen) atoms. The van der Waals surface area contributed by atoms with E-state index in [4.69, 9.17) is 9.47 Å². The molecule has 2 nitrogen and oxygen atoms in total. The molecule has 6 heteroatoms. The van der Waals surface area contributed by atoms with E-state index in [1.54, 1.807) is 0 Å². The van der Waals surface area contributed by atoms with E-state index in [0.717, 1.165) is 18.3 Å². The molecule has 0 saturated carbocycles. The van der Waals surface area contributed by atoms with Gasteiger partial charge in [-0.3, -0.25) is 0 Å². The number of rotatable bonds is 6. The molecule has 0 amide bonds. The van der Waals surface area contributed by atoms with Crippen molar-refractivity contribution in [1.82, 2.24) is 0 Å². The van der Waals surface area contributed by atoms with Gasteiger partial charge in [-0.15, -0.1) is 0 Å². The summed E-state index contributed by atoms with van der Waals surface area (Å²) in [4.78, 5) is 0. The van der Waals surface area contributed by atoms with Gasteiger partial charge in [-0.2, -0.15) is 0 Å². The van der Waals surface area contributed by atoms with Gasteiger partial charge in [-0.05, 0) is 94.4 Å². The summed E-state index contributed by atoms with van der Waals surface area (Å²) in [6.07, 6.45) is 0.680. The standard InChI is InChI=1S/C17H16F2I2O2/c1-10-6-12(18)8-14(20)16(10)22-4-3-5-23-17-11(2)7-13(19)9-15(17)21/h6-9H,3-5H2,1-2H3. The lowest BCUT2D eigenvalue weighted by Crippen LogP contribution is -2.08. The summed E-state index contributed by atoms with van der Waals surface area (Å²) in [6.45, 7) is 4.58. The minimum absolute atomic E-state index is 0.260. The maximum Gasteiger partial charge on any atom is 0.135 e. The lowest BCUT2D eigenvalue weighted by Gasteiger charge is -2.13. The van der Waals surface area contributed by atoms with Crippen LogP contribution in [-0.2, 0) is 0 Å². The average molecular weight is 544 g/mol. The Bertz CT molecular complexity index is 599. The third-order valence-electron chi connectivity index (χ3n) is 3.17. The van der Waals surface area contributed by atoms with E-state index < -0.39 is 0 Å². The molecular weight excluding hydrogens is 528 g/mol. The molecule has 2 aromatic rings. The molecule has 0 radical (unpaired) electrons. The van der Waals surface area contributed by atoms with Crippen molar-refractivity contribution in [3.63, 3.8) is 0 Å². The van der Waals surface area contributed by atoms with Crippen LogP contribution in [0.25, 0.3) is 0 Å². The first kappa shape index (κ1) is 18.7. The van der Waals surface area contributed by atoms with Crippen LogP contribution in [0.5, 0.6) is 11.5 Å². The third-order valence-corrected chi connectivity index (χ3v) is 4.77. The Hall–Kier alpha value is -0.640. The van der Waals surface area contributed by atoms with Crippen molar-refractivity contribution in [3.05, 3.63) is 54.2 Å². The van der Waals surface area contributed by atoms with E-state index >= 15 is 0 Å². The molecule has 124 valence electrons. The maximum atomic E-state index is 13.2. The van der Waals surface area contributed by atoms with Gasteiger partial charge < -0.3 is 9.47 Å². The number of benzene rings is 2. The van der Waals surface area contributed by atoms with Gasteiger partial charge in [0.2, 0.25) is 0 Å². The molecule has 0 bridgehead atoms. The van der Waals surface area contributed by atoms with E-state index in [-0.39, 0.29) is 11.6 Å². The summed E-state index contributed by atoms with van der Waals surface area (Å²) in [7, 11) is 0. The Kier molecular flexibility index (Phi) is 6.87. The van der Waals surface area contributed by atoms with E-state index in [9.17, 15) is 8.78 Å². The first-order valence-corrected chi connectivity index (χ1v) is 9.21. The number of halogens is 4. The number of hydrogen-bond donors (Lipinski definition) is 0. The Morgan fingerprint density at radius 3 is 1.52 bits per heavy atom. The van der Waals surface area contributed by atoms with Gasteiger partial charge in [-0.25, -0.2) is 8.78 Å². The van der Waals surface area contributed by atoms with Crippen LogP contribution >= 0.6 is 45.2 Å². The van der Waals surface area contributed by atoms with Gasteiger partial charge in [0.05, 0.1) is 20.4 Å². The fraction of sp³-hybridized carbons (Fsp3) is 0.294. The van der Waals surface area contributed by atoms with Gasteiger partial charge in [0.25, 0.3) is 0 Å². The summed E-state index contributed by atoms with van der Waals surface area (Å²) < 4.78 is 39.4. The summed E-state index contributed by atoms with van der Waals surface area (Å²) in [5, 5.41) is 0. The predicted molar refractivity (Wildman–Crippen MR) is 103 cm³/mol. The van der Waals surface area contributed by atoms with Crippen molar-refractivity contribution in [2.24, 2.45) is 0 Å². The third kappa shape index (κ3) is 5.17. The quantitative estimate of drug-likeness (QED) is 0.347. The van der Waals surface area contributed by atoms with E-state index in [1.165, 1.54) is 24.3 Å². The fourth-order valence-electron chi connectivity index (χ4n) is 2.15. The minimum Gasteiger partial charge on any atom is -0.492 e. The predicted octanol–water partition coefficient (Wildman–Crippen LogP) is 5.64. The van der Waals surface area contributed by atoms with Gasteiger partial charge in [-0.1, -0.05) is 0 Å². The van der Waals surface area contributed by atoms with Crippen LogP contribution in [0, 0.1) is 32.6 Å². The smallest absolute Gasteiger partial charge is 0.135 e. The minimum atomic E-state index is -0.260. The zero-order valence-electron chi connectivity index (χ0n) is 12.8. The number of aryl methyl sites for hydroxylation is 2. The molecule has 0 fully saturated rings. The highest BCUT2D eigenvalue weighted by molar-refractivity contribution is 14.1. The molecule has 0 aromatic heterocycles. The summed E-state index contributed by atoms with van der Waals surface area (Å²) >= 11 is 4.12. The second-order valence-electron chi connectivity index (χ2n) is 5.12. The molecule has 0 unspecified atom stereocenters. The molecule has 0 saturated heterocycles. The first-order chi connectivity index (χ1) is 10.9. The first-order valence-electron chi connectivity index (χ1n) is 7.05. The molecule has 0 atom stereocenters. The molecular formula is C17H16F2I2O2. The topological polar surface area (TPSA) is 18.5 Å². The zero-order valence-corrected chi connectivity index (χ0v) is 17.1. The average Bonchev–Trinajstić information content (AvgIpc) is 2.42. The van der Waals surface area contributed by atoms with Crippen molar-refractivity contribution in [3.8, 4) is 11.5 Å². The molecule has 0 aliphatic carbocycles. The normalized spacial score (nSPS) is 10.7. The van der Waals surface area contributed by atoms with Crippen LogP contribution < -0.4 is 9.47 Å². The lowest BCUT2D eigenvalue weighted by atomic mass is 10.2. The second kappa shape index (κ2) is 8.46. The molecule has 0 N–H and O–H groups in total. The highest BCUT2D eigenvalue weighted by Crippen LogP contribution is 2.28. The largest absolute Gasteiger partial charge is 0.492 e. The Labute approximate surface area is 161 Å². The van der Waals surface area contributed by atoms with Crippen LogP contribution in [0.2, 0.25) is 0 Å². The lowest BCUT2D eigenvalue weighted by molar-refractivity contribution is 0.243. The second-order valence-corrected chi connectivity index (χ2v) is 7.44. The summed E-state index contributed by atoms with van der Waals surface area (Å²) in [6, 6.07) is 5.81. The zero-order chi connectivity index (χ0) is 17.0. The van der Waals surface area contributed by atoms with Crippen molar-refractivity contribution in [2.75, 3.05) is 13.2 Å². The Balaban J connectivity index is 1.85. The monoisotopic (exact) mass is 544 g/mol. The highest BCUT2D eigenvalue weighted by Gasteiger charge is 2.09. The van der Waals surface area contributed by atoms with Crippen LogP contribution in [-0.4, -0.2) is 13.2 Å². The molecule has 0 spiro atoms. The van der Waals surface area contributed by atoms with Crippen LogP contribution in [0.4, 0.5) is 8.78 Å². The summed E-state index contributed by atoms with van der Waals surface area (Å²) in [5.41, 5.74) is 1.55. The highest BCUT2D eigenvalue weighted by atomic mass is 127. The Morgan fingerprint density at radius 2 is 1.17 bits per heavy atom. The summed E-state index contributed by atoms with van der Waals surface area (Å²) in [5.74, 6) is 0.895. The molecule has 2 aromatic carbocycles. The molecule has 0 heterocycles. The van der Waals surface area contributed by atoms with E-state index in [2.05, 4.69) is 45.2 Å². The number of hydrogen-bond acceptors (Lipinski definition) is 2. The van der Waals surface area contributed by atoms with E-state index in [0.29, 0.717) is 31.1 Å². The SMILES string of the molecule is Cc1cc(F)cc(I)c1OCCCOc1c(C)cc(F)cc1I. The van der Waals surface area contributed by atoms with Gasteiger partial charge in [0.1, 0.15) is 23.1 Å².